The van der Waals surface area contributed by atoms with E-state index in [2.05, 4.69) is 30.6 Å². The molecule has 3 heterocycles. The van der Waals surface area contributed by atoms with E-state index >= 15 is 0 Å². The standard InChI is InChI=1S/C29H31ClFN7O5S3/c1-2-24(27(40)41)45-28-36-38(29(44)46-28)15-25(39)35-22-13-18-21(14-23(22)43-9-3-6-37-7-10-42-11-8-37)32-16-33-26(18)34-17-4-5-20(31)19(30)12-17/h4-5,12-14,16,24H,2-3,6-11,15H2,1H3,(H,35,39)(H,40,41)(H,32,33,34). The summed E-state index contributed by atoms with van der Waals surface area (Å²) in [6.07, 6.45) is 2.57. The fourth-order valence-electron chi connectivity index (χ4n) is 4.60. The van der Waals surface area contributed by atoms with E-state index in [1.54, 1.807) is 19.1 Å². The molecule has 0 aliphatic carbocycles. The summed E-state index contributed by atoms with van der Waals surface area (Å²) in [6.45, 7) is 6.00. The Morgan fingerprint density at radius 2 is 2.07 bits per heavy atom. The monoisotopic (exact) mass is 707 g/mol. The molecule has 244 valence electrons. The van der Waals surface area contributed by atoms with Crippen LogP contribution < -0.4 is 15.4 Å². The number of carbonyl (C=O) groups is 2. The van der Waals surface area contributed by atoms with Crippen LogP contribution in [0.3, 0.4) is 0 Å². The fourth-order valence-corrected chi connectivity index (χ4v) is 7.21. The molecule has 0 radical (unpaired) electrons. The van der Waals surface area contributed by atoms with Crippen molar-refractivity contribution in [2.45, 2.75) is 35.9 Å². The second kappa shape index (κ2) is 15.9. The van der Waals surface area contributed by atoms with Gasteiger partial charge in [0.2, 0.25) is 5.91 Å². The number of fused-ring (bicyclic) bond motifs is 1. The Kier molecular flexibility index (Phi) is 11.8. The smallest absolute Gasteiger partial charge is 0.317 e. The zero-order chi connectivity index (χ0) is 32.6. The van der Waals surface area contributed by atoms with Gasteiger partial charge in [0.05, 0.1) is 36.0 Å². The zero-order valence-electron chi connectivity index (χ0n) is 24.7. The van der Waals surface area contributed by atoms with Crippen LogP contribution in [-0.4, -0.2) is 86.3 Å². The molecule has 3 N–H and O–H groups in total. The van der Waals surface area contributed by atoms with E-state index in [1.807, 2.05) is 0 Å². The first kappa shape index (κ1) is 33.9. The van der Waals surface area contributed by atoms with Gasteiger partial charge in [0.1, 0.15) is 35.5 Å². The quantitative estimate of drug-likeness (QED) is 0.0822. The molecule has 1 atom stereocenters. The lowest BCUT2D eigenvalue weighted by Crippen LogP contribution is -2.37. The second-order valence-electron chi connectivity index (χ2n) is 10.2. The Morgan fingerprint density at radius 1 is 1.26 bits per heavy atom. The van der Waals surface area contributed by atoms with E-state index < -0.39 is 22.9 Å². The number of ether oxygens (including phenoxy) is 2. The van der Waals surface area contributed by atoms with E-state index in [0.29, 0.717) is 68.4 Å². The summed E-state index contributed by atoms with van der Waals surface area (Å²) >= 11 is 13.6. The number of aliphatic carboxylic acids is 1. The molecule has 46 heavy (non-hydrogen) atoms. The molecule has 1 aliphatic rings. The summed E-state index contributed by atoms with van der Waals surface area (Å²) in [5.41, 5.74) is 1.45. The van der Waals surface area contributed by atoms with Crippen molar-refractivity contribution in [2.75, 3.05) is 50.1 Å². The number of hydrogen-bond acceptors (Lipinski definition) is 12. The summed E-state index contributed by atoms with van der Waals surface area (Å²) in [7, 11) is 0. The lowest BCUT2D eigenvalue weighted by molar-refractivity contribution is -0.136. The van der Waals surface area contributed by atoms with Crippen LogP contribution in [0.15, 0.2) is 41.0 Å². The molecule has 4 aromatic rings. The molecule has 1 aliphatic heterocycles. The highest BCUT2D eigenvalue weighted by Crippen LogP contribution is 2.34. The highest BCUT2D eigenvalue weighted by molar-refractivity contribution is 8.02. The summed E-state index contributed by atoms with van der Waals surface area (Å²) in [5.74, 6) is -1.07. The fraction of sp³-hybridized carbons (Fsp3) is 0.379. The number of hydrogen-bond donors (Lipinski definition) is 3. The van der Waals surface area contributed by atoms with Gasteiger partial charge >= 0.3 is 5.97 Å². The van der Waals surface area contributed by atoms with Gasteiger partial charge in [-0.05, 0) is 49.3 Å². The number of morpholine rings is 1. The van der Waals surface area contributed by atoms with Crippen molar-refractivity contribution in [2.24, 2.45) is 0 Å². The molecule has 1 fully saturated rings. The van der Waals surface area contributed by atoms with Crippen molar-refractivity contribution in [1.29, 1.82) is 0 Å². The number of nitrogens with zero attached hydrogens (tertiary/aromatic N) is 5. The predicted octanol–water partition coefficient (Wildman–Crippen LogP) is 5.85. The first-order valence-electron chi connectivity index (χ1n) is 14.4. The molecule has 0 spiro atoms. The number of carboxylic acids is 1. The van der Waals surface area contributed by atoms with E-state index in [1.165, 1.54) is 29.2 Å². The number of amides is 1. The molecule has 2 aromatic carbocycles. The van der Waals surface area contributed by atoms with Gasteiger partial charge in [-0.25, -0.2) is 19.0 Å². The van der Waals surface area contributed by atoms with Crippen LogP contribution in [0.25, 0.3) is 10.9 Å². The number of nitrogens with one attached hydrogen (secondary N) is 2. The van der Waals surface area contributed by atoms with Crippen LogP contribution in [0.4, 0.5) is 21.6 Å². The lowest BCUT2D eigenvalue weighted by atomic mass is 10.1. The van der Waals surface area contributed by atoms with Crippen molar-refractivity contribution in [3.63, 3.8) is 0 Å². The molecule has 0 saturated carbocycles. The van der Waals surface area contributed by atoms with Crippen LogP contribution >= 0.6 is 46.9 Å². The number of carbonyl (C=O) groups excluding carboxylic acids is 1. The van der Waals surface area contributed by atoms with Gasteiger partial charge in [0.25, 0.3) is 0 Å². The lowest BCUT2D eigenvalue weighted by Gasteiger charge is -2.26. The maximum absolute atomic E-state index is 13.7. The van der Waals surface area contributed by atoms with E-state index in [4.69, 9.17) is 33.3 Å². The normalized spacial score (nSPS) is 14.2. The summed E-state index contributed by atoms with van der Waals surface area (Å²) in [5, 5.41) is 19.7. The Morgan fingerprint density at radius 3 is 2.80 bits per heavy atom. The van der Waals surface area contributed by atoms with Crippen molar-refractivity contribution >= 4 is 86.9 Å². The van der Waals surface area contributed by atoms with Gasteiger partial charge in [0.15, 0.2) is 8.29 Å². The van der Waals surface area contributed by atoms with Crippen molar-refractivity contribution in [3.05, 3.63) is 51.5 Å². The van der Waals surface area contributed by atoms with E-state index in [9.17, 15) is 19.1 Å². The minimum atomic E-state index is -0.938. The first-order chi connectivity index (χ1) is 22.2. The minimum absolute atomic E-state index is 0.0422. The number of benzene rings is 2. The van der Waals surface area contributed by atoms with Crippen LogP contribution in [-0.2, 0) is 20.9 Å². The van der Waals surface area contributed by atoms with Gasteiger partial charge in [-0.15, -0.1) is 0 Å². The number of carboxylic acid groups (broad SMARTS) is 1. The van der Waals surface area contributed by atoms with Crippen LogP contribution in [0.1, 0.15) is 19.8 Å². The number of aromatic nitrogens is 4. The molecule has 1 amide bonds. The Balaban J connectivity index is 1.37. The van der Waals surface area contributed by atoms with Gasteiger partial charge in [-0.2, -0.15) is 5.10 Å². The Labute approximate surface area is 282 Å². The van der Waals surface area contributed by atoms with Gasteiger partial charge < -0.3 is 25.2 Å². The third-order valence-corrected chi connectivity index (χ3v) is 9.98. The molecule has 0 bridgehead atoms. The van der Waals surface area contributed by atoms with Crippen LogP contribution in [0.2, 0.25) is 5.02 Å². The van der Waals surface area contributed by atoms with E-state index in [0.717, 1.165) is 49.2 Å². The SMILES string of the molecule is CCC(Sc1nn(CC(=O)Nc2cc3c(Nc4ccc(F)c(Cl)c4)ncnc3cc2OCCCN2CCOCC2)c(=S)s1)C(=O)O. The summed E-state index contributed by atoms with van der Waals surface area (Å²) in [6, 6.07) is 7.66. The third-order valence-electron chi connectivity index (χ3n) is 6.94. The first-order valence-corrected chi connectivity index (χ1v) is 16.9. The number of halogens is 2. The summed E-state index contributed by atoms with van der Waals surface area (Å²) in [4.78, 5) is 35.9. The number of rotatable bonds is 14. The molecular weight excluding hydrogens is 677 g/mol. The Hall–Kier alpha value is -3.41. The highest BCUT2D eigenvalue weighted by atomic mass is 35.5. The molecule has 1 unspecified atom stereocenters. The molecule has 2 aromatic heterocycles. The maximum atomic E-state index is 13.7. The zero-order valence-corrected chi connectivity index (χ0v) is 27.9. The molecular formula is C29H31ClFN7O5S3. The van der Waals surface area contributed by atoms with Gasteiger partial charge in [-0.3, -0.25) is 14.5 Å². The second-order valence-corrected chi connectivity index (χ2v) is 13.7. The number of thioether (sulfide) groups is 1. The average Bonchev–Trinajstić information content (AvgIpc) is 3.38. The molecule has 1 saturated heterocycles. The topological polar surface area (TPSA) is 144 Å². The molecule has 12 nitrogen and oxygen atoms in total. The average molecular weight is 708 g/mol. The third kappa shape index (κ3) is 8.89. The van der Waals surface area contributed by atoms with Crippen LogP contribution in [0.5, 0.6) is 5.75 Å². The molecule has 5 rings (SSSR count). The van der Waals surface area contributed by atoms with Crippen molar-refractivity contribution in [1.82, 2.24) is 24.6 Å². The van der Waals surface area contributed by atoms with E-state index in [-0.39, 0.29) is 11.6 Å². The minimum Gasteiger partial charge on any atom is -0.491 e. The maximum Gasteiger partial charge on any atom is 0.317 e. The Bertz CT molecular complexity index is 1770. The van der Waals surface area contributed by atoms with Gasteiger partial charge in [-0.1, -0.05) is 41.6 Å². The molecule has 17 heteroatoms. The van der Waals surface area contributed by atoms with Crippen LogP contribution in [0, 0.1) is 9.77 Å². The van der Waals surface area contributed by atoms with Crippen molar-refractivity contribution < 1.29 is 28.6 Å². The van der Waals surface area contributed by atoms with Gasteiger partial charge in [0, 0.05) is 36.8 Å². The number of anilines is 3. The highest BCUT2D eigenvalue weighted by Gasteiger charge is 2.20. The predicted molar refractivity (Wildman–Crippen MR) is 179 cm³/mol. The largest absolute Gasteiger partial charge is 0.491 e. The van der Waals surface area contributed by atoms with Crippen molar-refractivity contribution in [3.8, 4) is 5.75 Å². The summed E-state index contributed by atoms with van der Waals surface area (Å²) < 4.78 is 27.5.